The van der Waals surface area contributed by atoms with Crippen LogP contribution < -0.4 is 0 Å². The van der Waals surface area contributed by atoms with E-state index in [0.29, 0.717) is 11.3 Å². The van der Waals surface area contributed by atoms with Crippen molar-refractivity contribution in [3.05, 3.63) is 53.6 Å². The molecule has 1 aromatic heterocycles. The van der Waals surface area contributed by atoms with Gasteiger partial charge in [-0.2, -0.15) is 13.2 Å². The lowest BCUT2D eigenvalue weighted by atomic mass is 10.0. The van der Waals surface area contributed by atoms with Crippen molar-refractivity contribution in [2.45, 2.75) is 12.3 Å². The molecule has 1 atom stereocenters. The fourth-order valence-electron chi connectivity index (χ4n) is 1.60. The minimum Gasteiger partial charge on any atom is -0.382 e. The molecule has 1 aromatic carbocycles. The number of aliphatic hydroxyl groups is 1. The molecule has 0 saturated carbocycles. The van der Waals surface area contributed by atoms with Crippen molar-refractivity contribution in [3.63, 3.8) is 0 Å². The fraction of sp³-hybridized carbons (Fsp3) is 0.250. The highest BCUT2D eigenvalue weighted by Gasteiger charge is 2.30. The lowest BCUT2D eigenvalue weighted by molar-refractivity contribution is -0.137. The Kier molecular flexibility index (Phi) is 3.13. The summed E-state index contributed by atoms with van der Waals surface area (Å²) < 4.78 is 38.8. The highest BCUT2D eigenvalue weighted by Crippen LogP contribution is 2.30. The predicted octanol–water partition coefficient (Wildman–Crippen LogP) is 2.52. The Morgan fingerprint density at radius 3 is 2.28 bits per heavy atom. The van der Waals surface area contributed by atoms with Crippen molar-refractivity contribution < 1.29 is 18.3 Å². The van der Waals surface area contributed by atoms with Crippen LogP contribution in [0.3, 0.4) is 0 Å². The van der Waals surface area contributed by atoms with Crippen molar-refractivity contribution >= 4 is 0 Å². The number of hydrogen-bond acceptors (Lipinski definition) is 2. The van der Waals surface area contributed by atoms with E-state index in [0.717, 1.165) is 12.1 Å². The lowest BCUT2D eigenvalue weighted by Crippen LogP contribution is -2.06. The standard InChI is InChI=1S/C12H11F3N2O/c1-17-6-10(16-7-17)11(18)8-2-4-9(5-3-8)12(13,14)15/h2-7,11,18H,1H3. The second-order valence-corrected chi connectivity index (χ2v) is 3.99. The minimum absolute atomic E-state index is 0.377. The van der Waals surface area contributed by atoms with Gasteiger partial charge < -0.3 is 9.67 Å². The van der Waals surface area contributed by atoms with Gasteiger partial charge in [-0.1, -0.05) is 12.1 Å². The molecule has 6 heteroatoms. The summed E-state index contributed by atoms with van der Waals surface area (Å²) in [5.41, 5.74) is 0.0402. The van der Waals surface area contributed by atoms with Crippen molar-refractivity contribution in [2.24, 2.45) is 7.05 Å². The Labute approximate surface area is 102 Å². The molecular weight excluding hydrogens is 245 g/mol. The Hall–Kier alpha value is -1.82. The van der Waals surface area contributed by atoms with Crippen LogP contribution in [-0.4, -0.2) is 14.7 Å². The first-order chi connectivity index (χ1) is 8.38. The molecule has 1 unspecified atom stereocenters. The smallest absolute Gasteiger partial charge is 0.382 e. The number of aliphatic hydroxyl groups excluding tert-OH is 1. The van der Waals surface area contributed by atoms with Gasteiger partial charge in [0.15, 0.2) is 0 Å². The number of aryl methyl sites for hydroxylation is 1. The van der Waals surface area contributed by atoms with Crippen LogP contribution in [0, 0.1) is 0 Å². The van der Waals surface area contributed by atoms with Gasteiger partial charge in [-0.15, -0.1) is 0 Å². The zero-order chi connectivity index (χ0) is 13.3. The first-order valence-electron chi connectivity index (χ1n) is 5.21. The number of hydrogen-bond donors (Lipinski definition) is 1. The number of imidazole rings is 1. The molecule has 3 nitrogen and oxygen atoms in total. The molecule has 1 N–H and O–H groups in total. The zero-order valence-electron chi connectivity index (χ0n) is 9.52. The average Bonchev–Trinajstić information content (AvgIpc) is 2.74. The molecule has 0 fully saturated rings. The summed E-state index contributed by atoms with van der Waals surface area (Å²) in [4.78, 5) is 3.95. The normalized spacial score (nSPS) is 13.6. The van der Waals surface area contributed by atoms with Gasteiger partial charge in [0.25, 0.3) is 0 Å². The summed E-state index contributed by atoms with van der Waals surface area (Å²) in [7, 11) is 1.75. The molecule has 0 saturated heterocycles. The highest BCUT2D eigenvalue weighted by molar-refractivity contribution is 5.29. The summed E-state index contributed by atoms with van der Waals surface area (Å²) in [5.74, 6) is 0. The quantitative estimate of drug-likeness (QED) is 0.896. The molecule has 0 spiro atoms. The van der Waals surface area contributed by atoms with Gasteiger partial charge in [0.05, 0.1) is 17.6 Å². The summed E-state index contributed by atoms with van der Waals surface area (Å²) >= 11 is 0. The summed E-state index contributed by atoms with van der Waals surface area (Å²) in [6.45, 7) is 0. The molecule has 96 valence electrons. The maximum absolute atomic E-state index is 12.4. The van der Waals surface area contributed by atoms with Gasteiger partial charge in [0.1, 0.15) is 6.10 Å². The molecule has 1 heterocycles. The third-order valence-electron chi connectivity index (χ3n) is 2.56. The van der Waals surface area contributed by atoms with E-state index in [-0.39, 0.29) is 0 Å². The van der Waals surface area contributed by atoms with Crippen LogP contribution in [0.25, 0.3) is 0 Å². The van der Waals surface area contributed by atoms with Crippen LogP contribution in [0.4, 0.5) is 13.2 Å². The van der Waals surface area contributed by atoms with Gasteiger partial charge in [-0.05, 0) is 17.7 Å². The van der Waals surface area contributed by atoms with Crippen LogP contribution in [0.2, 0.25) is 0 Å². The molecule has 2 aromatic rings. The Morgan fingerprint density at radius 2 is 1.83 bits per heavy atom. The third-order valence-corrected chi connectivity index (χ3v) is 2.56. The SMILES string of the molecule is Cn1cnc(C(O)c2ccc(C(F)(F)F)cc2)c1. The monoisotopic (exact) mass is 256 g/mol. The second-order valence-electron chi connectivity index (χ2n) is 3.99. The van der Waals surface area contributed by atoms with Crippen LogP contribution in [0.15, 0.2) is 36.8 Å². The molecule has 0 aliphatic carbocycles. The van der Waals surface area contributed by atoms with E-state index in [2.05, 4.69) is 4.98 Å². The third kappa shape index (κ3) is 2.53. The maximum atomic E-state index is 12.4. The molecule has 2 rings (SSSR count). The molecule has 18 heavy (non-hydrogen) atoms. The number of alkyl halides is 3. The van der Waals surface area contributed by atoms with E-state index in [9.17, 15) is 18.3 Å². The molecular formula is C12H11F3N2O. The topological polar surface area (TPSA) is 38.0 Å². The Bertz CT molecular complexity index is 531. The number of rotatable bonds is 2. The van der Waals surface area contributed by atoms with Gasteiger partial charge in [-0.25, -0.2) is 4.98 Å². The molecule has 0 radical (unpaired) electrons. The second kappa shape index (κ2) is 4.45. The van der Waals surface area contributed by atoms with E-state index in [4.69, 9.17) is 0 Å². The van der Waals surface area contributed by atoms with E-state index in [1.165, 1.54) is 18.5 Å². The van der Waals surface area contributed by atoms with Gasteiger partial charge in [-0.3, -0.25) is 0 Å². The van der Waals surface area contributed by atoms with Crippen LogP contribution in [0.5, 0.6) is 0 Å². The predicted molar refractivity (Wildman–Crippen MR) is 58.7 cm³/mol. The Morgan fingerprint density at radius 1 is 1.22 bits per heavy atom. The first kappa shape index (κ1) is 12.6. The highest BCUT2D eigenvalue weighted by atomic mass is 19.4. The van der Waals surface area contributed by atoms with Crippen LogP contribution in [-0.2, 0) is 13.2 Å². The van der Waals surface area contributed by atoms with E-state index in [1.54, 1.807) is 17.8 Å². The van der Waals surface area contributed by atoms with Crippen LogP contribution in [0.1, 0.15) is 22.9 Å². The summed E-state index contributed by atoms with van der Waals surface area (Å²) in [5, 5.41) is 9.94. The molecule has 0 aliphatic rings. The Balaban J connectivity index is 2.24. The van der Waals surface area contributed by atoms with Crippen molar-refractivity contribution in [1.82, 2.24) is 9.55 Å². The van der Waals surface area contributed by atoms with Crippen molar-refractivity contribution in [2.75, 3.05) is 0 Å². The molecule has 0 aliphatic heterocycles. The maximum Gasteiger partial charge on any atom is 0.416 e. The number of halogens is 3. The number of benzene rings is 1. The molecule has 0 amide bonds. The number of aromatic nitrogens is 2. The van der Waals surface area contributed by atoms with E-state index >= 15 is 0 Å². The first-order valence-corrected chi connectivity index (χ1v) is 5.21. The number of nitrogens with zero attached hydrogens (tertiary/aromatic N) is 2. The summed E-state index contributed by atoms with van der Waals surface area (Å²) in [6, 6.07) is 4.40. The van der Waals surface area contributed by atoms with Gasteiger partial charge in [0, 0.05) is 13.2 Å². The zero-order valence-corrected chi connectivity index (χ0v) is 9.52. The summed E-state index contributed by atoms with van der Waals surface area (Å²) in [6.07, 6.45) is -2.26. The lowest BCUT2D eigenvalue weighted by Gasteiger charge is -2.10. The van der Waals surface area contributed by atoms with E-state index < -0.39 is 17.8 Å². The molecule has 0 bridgehead atoms. The minimum atomic E-state index is -4.37. The largest absolute Gasteiger partial charge is 0.416 e. The van der Waals surface area contributed by atoms with E-state index in [1.807, 2.05) is 0 Å². The van der Waals surface area contributed by atoms with Crippen molar-refractivity contribution in [1.29, 1.82) is 0 Å². The average molecular weight is 256 g/mol. The fourth-order valence-corrected chi connectivity index (χ4v) is 1.60. The van der Waals surface area contributed by atoms with Crippen LogP contribution >= 0.6 is 0 Å². The van der Waals surface area contributed by atoms with Crippen molar-refractivity contribution in [3.8, 4) is 0 Å². The van der Waals surface area contributed by atoms with Gasteiger partial charge >= 0.3 is 6.18 Å². The van der Waals surface area contributed by atoms with Gasteiger partial charge in [0.2, 0.25) is 0 Å².